The zero-order chi connectivity index (χ0) is 15.3. The summed E-state index contributed by atoms with van der Waals surface area (Å²) in [4.78, 5) is 0.367. The van der Waals surface area contributed by atoms with E-state index >= 15 is 0 Å². The molecule has 0 unspecified atom stereocenters. The Kier molecular flexibility index (Phi) is 7.56. The molecule has 22 heavy (non-hydrogen) atoms. The summed E-state index contributed by atoms with van der Waals surface area (Å²) in [6.07, 6.45) is 4.74. The van der Waals surface area contributed by atoms with Crippen molar-refractivity contribution in [1.82, 2.24) is 10.0 Å². The molecule has 2 rings (SSSR count). The Bertz CT molecular complexity index is 627. The Labute approximate surface area is 139 Å². The number of aryl methyl sites for hydroxylation is 2. The molecule has 1 aliphatic rings. The predicted octanol–water partition coefficient (Wildman–Crippen LogP) is 2.43. The first-order chi connectivity index (χ1) is 10.1. The SMILES string of the molecule is CCc1ccc(S(=O)(=O)NCC2=CCNCC2)cc1CC.Cl. The zero-order valence-electron chi connectivity index (χ0n) is 13.2. The molecule has 0 fully saturated rings. The Morgan fingerprint density at radius 3 is 2.50 bits per heavy atom. The quantitative estimate of drug-likeness (QED) is 0.779. The van der Waals surface area contributed by atoms with Crippen LogP contribution >= 0.6 is 12.4 Å². The second-order valence-corrected chi connectivity index (χ2v) is 7.05. The van der Waals surface area contributed by atoms with Crippen molar-refractivity contribution in [2.75, 3.05) is 19.6 Å². The summed E-state index contributed by atoms with van der Waals surface area (Å²) in [7, 11) is -3.43. The van der Waals surface area contributed by atoms with Gasteiger partial charge in [0.15, 0.2) is 0 Å². The van der Waals surface area contributed by atoms with Gasteiger partial charge in [0.1, 0.15) is 0 Å². The predicted molar refractivity (Wildman–Crippen MR) is 93.2 cm³/mol. The lowest BCUT2D eigenvalue weighted by atomic mass is 10.0. The van der Waals surface area contributed by atoms with Crippen LogP contribution in [0.2, 0.25) is 0 Å². The largest absolute Gasteiger partial charge is 0.313 e. The highest BCUT2D eigenvalue weighted by atomic mass is 35.5. The highest BCUT2D eigenvalue weighted by Crippen LogP contribution is 2.17. The molecular formula is C16H25ClN2O2S. The normalized spacial score (nSPS) is 15.1. The van der Waals surface area contributed by atoms with Crippen LogP contribution < -0.4 is 10.0 Å². The molecule has 1 aromatic rings. The Morgan fingerprint density at radius 1 is 1.18 bits per heavy atom. The molecule has 0 aromatic heterocycles. The van der Waals surface area contributed by atoms with E-state index in [0.717, 1.165) is 43.5 Å². The molecule has 0 spiro atoms. The Morgan fingerprint density at radius 2 is 1.91 bits per heavy atom. The van der Waals surface area contributed by atoms with Crippen molar-refractivity contribution in [2.24, 2.45) is 0 Å². The van der Waals surface area contributed by atoms with Crippen molar-refractivity contribution in [2.45, 2.75) is 38.0 Å². The van der Waals surface area contributed by atoms with E-state index in [2.05, 4.69) is 30.0 Å². The van der Waals surface area contributed by atoms with Crippen molar-refractivity contribution in [3.05, 3.63) is 41.0 Å². The first kappa shape index (κ1) is 19.2. The number of rotatable bonds is 6. The summed E-state index contributed by atoms with van der Waals surface area (Å²) < 4.78 is 27.5. The van der Waals surface area contributed by atoms with Crippen molar-refractivity contribution in [3.8, 4) is 0 Å². The number of benzene rings is 1. The van der Waals surface area contributed by atoms with Crippen molar-refractivity contribution < 1.29 is 8.42 Å². The van der Waals surface area contributed by atoms with Gasteiger partial charge in [-0.1, -0.05) is 31.6 Å². The van der Waals surface area contributed by atoms with Crippen LogP contribution in [0.4, 0.5) is 0 Å². The van der Waals surface area contributed by atoms with Gasteiger partial charge in [0.05, 0.1) is 4.90 Å². The molecule has 0 aliphatic carbocycles. The van der Waals surface area contributed by atoms with E-state index in [1.807, 2.05) is 6.07 Å². The van der Waals surface area contributed by atoms with Gasteiger partial charge in [0.25, 0.3) is 0 Å². The highest BCUT2D eigenvalue weighted by Gasteiger charge is 2.16. The Balaban J connectivity index is 0.00000242. The average Bonchev–Trinajstić information content (AvgIpc) is 2.53. The standard InChI is InChI=1S/C16H24N2O2S.ClH/c1-3-14-5-6-16(11-15(14)4-2)21(19,20)18-12-13-7-9-17-10-8-13;/h5-7,11,17-18H,3-4,8-10,12H2,1-2H3;1H. The summed E-state index contributed by atoms with van der Waals surface area (Å²) >= 11 is 0. The van der Waals surface area contributed by atoms with Gasteiger partial charge >= 0.3 is 0 Å². The van der Waals surface area contributed by atoms with Crippen LogP contribution in [0.15, 0.2) is 34.7 Å². The Hall–Kier alpha value is -0.880. The van der Waals surface area contributed by atoms with Crippen LogP contribution in [-0.4, -0.2) is 28.1 Å². The summed E-state index contributed by atoms with van der Waals surface area (Å²) in [6, 6.07) is 5.44. The molecule has 0 bridgehead atoms. The van der Waals surface area contributed by atoms with Crippen LogP contribution in [0, 0.1) is 0 Å². The van der Waals surface area contributed by atoms with Gasteiger partial charge < -0.3 is 5.32 Å². The van der Waals surface area contributed by atoms with Gasteiger partial charge in [-0.2, -0.15) is 0 Å². The van der Waals surface area contributed by atoms with Crippen LogP contribution in [0.1, 0.15) is 31.4 Å². The van der Waals surface area contributed by atoms with Gasteiger partial charge in [-0.25, -0.2) is 13.1 Å². The minimum atomic E-state index is -3.43. The minimum Gasteiger partial charge on any atom is -0.313 e. The second kappa shape index (κ2) is 8.67. The summed E-state index contributed by atoms with van der Waals surface area (Å²) in [5.41, 5.74) is 3.48. The molecule has 0 saturated carbocycles. The molecule has 6 heteroatoms. The molecule has 0 radical (unpaired) electrons. The fourth-order valence-electron chi connectivity index (χ4n) is 2.54. The molecule has 0 saturated heterocycles. The third-order valence-electron chi connectivity index (χ3n) is 3.90. The third-order valence-corrected chi connectivity index (χ3v) is 5.30. The van der Waals surface area contributed by atoms with Crippen molar-refractivity contribution in [1.29, 1.82) is 0 Å². The number of halogens is 1. The number of nitrogens with one attached hydrogen (secondary N) is 2. The smallest absolute Gasteiger partial charge is 0.240 e. The summed E-state index contributed by atoms with van der Waals surface area (Å²) in [6.45, 7) is 6.28. The van der Waals surface area contributed by atoms with Crippen LogP contribution in [-0.2, 0) is 22.9 Å². The molecule has 124 valence electrons. The highest BCUT2D eigenvalue weighted by molar-refractivity contribution is 7.89. The third kappa shape index (κ3) is 4.81. The van der Waals surface area contributed by atoms with Crippen LogP contribution in [0.5, 0.6) is 0 Å². The van der Waals surface area contributed by atoms with E-state index in [0.29, 0.717) is 11.4 Å². The lowest BCUT2D eigenvalue weighted by Gasteiger charge is -2.15. The maximum atomic E-state index is 12.4. The van der Waals surface area contributed by atoms with E-state index < -0.39 is 10.0 Å². The van der Waals surface area contributed by atoms with E-state index in [1.165, 1.54) is 5.56 Å². The maximum Gasteiger partial charge on any atom is 0.240 e. The maximum absolute atomic E-state index is 12.4. The summed E-state index contributed by atoms with van der Waals surface area (Å²) in [5, 5.41) is 3.22. The first-order valence-electron chi connectivity index (χ1n) is 7.57. The molecular weight excluding hydrogens is 320 g/mol. The number of hydrogen-bond donors (Lipinski definition) is 2. The van der Waals surface area contributed by atoms with Gasteiger partial charge in [-0.3, -0.25) is 0 Å². The van der Waals surface area contributed by atoms with E-state index in [-0.39, 0.29) is 12.4 Å². The molecule has 1 aliphatic heterocycles. The van der Waals surface area contributed by atoms with Gasteiger partial charge in [0.2, 0.25) is 10.0 Å². The minimum absolute atomic E-state index is 0. The van der Waals surface area contributed by atoms with E-state index in [1.54, 1.807) is 12.1 Å². The molecule has 1 aromatic carbocycles. The average molecular weight is 345 g/mol. The molecule has 0 amide bonds. The fraction of sp³-hybridized carbons (Fsp3) is 0.500. The fourth-order valence-corrected chi connectivity index (χ4v) is 3.63. The van der Waals surface area contributed by atoms with Crippen molar-refractivity contribution in [3.63, 3.8) is 0 Å². The van der Waals surface area contributed by atoms with Crippen molar-refractivity contribution >= 4 is 22.4 Å². The second-order valence-electron chi connectivity index (χ2n) is 5.28. The molecule has 0 atom stereocenters. The zero-order valence-corrected chi connectivity index (χ0v) is 14.8. The number of sulfonamides is 1. The monoisotopic (exact) mass is 344 g/mol. The van der Waals surface area contributed by atoms with Crippen LogP contribution in [0.25, 0.3) is 0 Å². The van der Waals surface area contributed by atoms with Crippen LogP contribution in [0.3, 0.4) is 0 Å². The lowest BCUT2D eigenvalue weighted by Crippen LogP contribution is -2.29. The van der Waals surface area contributed by atoms with Gasteiger partial charge in [-0.15, -0.1) is 12.4 Å². The molecule has 2 N–H and O–H groups in total. The van der Waals surface area contributed by atoms with E-state index in [9.17, 15) is 8.42 Å². The van der Waals surface area contributed by atoms with E-state index in [4.69, 9.17) is 0 Å². The first-order valence-corrected chi connectivity index (χ1v) is 9.05. The summed E-state index contributed by atoms with van der Waals surface area (Å²) in [5.74, 6) is 0. The molecule has 4 nitrogen and oxygen atoms in total. The van der Waals surface area contributed by atoms with Gasteiger partial charge in [0, 0.05) is 13.1 Å². The van der Waals surface area contributed by atoms with Gasteiger partial charge in [-0.05, 0) is 49.1 Å². The molecule has 1 heterocycles. The number of hydrogen-bond acceptors (Lipinski definition) is 3. The lowest BCUT2D eigenvalue weighted by molar-refractivity contribution is 0.582. The topological polar surface area (TPSA) is 58.2 Å².